The van der Waals surface area contributed by atoms with Crippen LogP contribution < -0.4 is 16.0 Å². The number of alkyl carbamates (subject to hydrolysis) is 2. The van der Waals surface area contributed by atoms with E-state index in [4.69, 9.17) is 9.47 Å². The Morgan fingerprint density at radius 3 is 2.02 bits per heavy atom. The number of hydrogen-bond donors (Lipinski definition) is 4. The molecule has 1 aliphatic heterocycles. The van der Waals surface area contributed by atoms with Gasteiger partial charge in [0.2, 0.25) is 11.8 Å². The van der Waals surface area contributed by atoms with Crippen LogP contribution in [0.2, 0.25) is 0 Å². The molecule has 0 spiro atoms. The van der Waals surface area contributed by atoms with Crippen LogP contribution in [-0.4, -0.2) is 71.2 Å². The Balaban J connectivity index is 1.56. The molecule has 3 atom stereocenters. The molecule has 2 aromatic carbocycles. The Bertz CT molecular complexity index is 1240. The minimum absolute atomic E-state index is 0.00860. The average molecular weight is 611 g/mol. The van der Waals surface area contributed by atoms with Crippen LogP contribution in [0.1, 0.15) is 57.1 Å². The molecule has 12 heteroatoms. The summed E-state index contributed by atoms with van der Waals surface area (Å²) in [6.45, 7) is 4.25. The molecule has 1 fully saturated rings. The summed E-state index contributed by atoms with van der Waals surface area (Å²) in [5, 5.41) is 17.5. The van der Waals surface area contributed by atoms with E-state index >= 15 is 0 Å². The summed E-state index contributed by atoms with van der Waals surface area (Å²) < 4.78 is 10.5. The topological polar surface area (TPSA) is 163 Å². The van der Waals surface area contributed by atoms with Crippen molar-refractivity contribution in [2.45, 2.75) is 77.3 Å². The van der Waals surface area contributed by atoms with Crippen LogP contribution in [0.4, 0.5) is 9.59 Å². The lowest BCUT2D eigenvalue weighted by molar-refractivity contribution is -0.150. The van der Waals surface area contributed by atoms with E-state index in [0.717, 1.165) is 11.1 Å². The Morgan fingerprint density at radius 1 is 0.864 bits per heavy atom. The fraction of sp³-hybridized carbons (Fsp3) is 0.469. The third-order valence-electron chi connectivity index (χ3n) is 7.27. The molecule has 0 aliphatic carbocycles. The monoisotopic (exact) mass is 610 g/mol. The number of carboxylic acids is 1. The minimum Gasteiger partial charge on any atom is -0.480 e. The predicted molar refractivity (Wildman–Crippen MR) is 161 cm³/mol. The van der Waals surface area contributed by atoms with Gasteiger partial charge in [0, 0.05) is 13.1 Å². The smallest absolute Gasteiger partial charge is 0.408 e. The number of amides is 4. The first-order valence-corrected chi connectivity index (χ1v) is 14.9. The van der Waals surface area contributed by atoms with E-state index in [-0.39, 0.29) is 25.6 Å². The molecule has 0 bridgehead atoms. The third-order valence-corrected chi connectivity index (χ3v) is 7.27. The summed E-state index contributed by atoms with van der Waals surface area (Å²) >= 11 is 0. The number of hydrogen-bond acceptors (Lipinski definition) is 7. The summed E-state index contributed by atoms with van der Waals surface area (Å²) in [6, 6.07) is 15.4. The minimum atomic E-state index is -1.08. The quantitative estimate of drug-likeness (QED) is 0.222. The van der Waals surface area contributed by atoms with Gasteiger partial charge in [-0.1, -0.05) is 74.5 Å². The lowest BCUT2D eigenvalue weighted by atomic mass is 10.0. The van der Waals surface area contributed by atoms with E-state index in [0.29, 0.717) is 38.8 Å². The van der Waals surface area contributed by atoms with Gasteiger partial charge in [-0.05, 0) is 49.1 Å². The fourth-order valence-corrected chi connectivity index (χ4v) is 4.85. The van der Waals surface area contributed by atoms with Crippen molar-refractivity contribution in [2.24, 2.45) is 5.92 Å². The fourth-order valence-electron chi connectivity index (χ4n) is 4.85. The Morgan fingerprint density at radius 2 is 1.45 bits per heavy atom. The largest absolute Gasteiger partial charge is 0.480 e. The molecule has 2 aromatic rings. The maximum atomic E-state index is 13.4. The molecule has 1 aliphatic rings. The zero-order valence-electron chi connectivity index (χ0n) is 25.2. The molecular weight excluding hydrogens is 568 g/mol. The van der Waals surface area contributed by atoms with E-state index in [1.165, 1.54) is 4.90 Å². The van der Waals surface area contributed by atoms with Crippen LogP contribution in [-0.2, 0) is 37.1 Å². The lowest BCUT2D eigenvalue weighted by Gasteiger charge is -2.30. The van der Waals surface area contributed by atoms with Crippen molar-refractivity contribution < 1.29 is 38.6 Å². The van der Waals surface area contributed by atoms with Gasteiger partial charge < -0.3 is 35.4 Å². The van der Waals surface area contributed by atoms with Crippen molar-refractivity contribution in [3.05, 3.63) is 71.8 Å². The first kappa shape index (κ1) is 33.9. The molecule has 0 unspecified atom stereocenters. The number of carboxylic acid groups (broad SMARTS) is 1. The molecule has 44 heavy (non-hydrogen) atoms. The lowest BCUT2D eigenvalue weighted by Crippen LogP contribution is -2.57. The van der Waals surface area contributed by atoms with E-state index in [1.54, 1.807) is 26.0 Å². The molecule has 238 valence electrons. The number of nitrogens with zero attached hydrogens (tertiary/aromatic N) is 1. The van der Waals surface area contributed by atoms with Gasteiger partial charge in [0.1, 0.15) is 31.3 Å². The van der Waals surface area contributed by atoms with Crippen molar-refractivity contribution in [3.63, 3.8) is 0 Å². The molecule has 4 N–H and O–H groups in total. The van der Waals surface area contributed by atoms with E-state index in [1.807, 2.05) is 48.5 Å². The molecule has 0 aromatic heterocycles. The van der Waals surface area contributed by atoms with Gasteiger partial charge in [-0.15, -0.1) is 0 Å². The summed E-state index contributed by atoms with van der Waals surface area (Å²) in [5.41, 5.74) is 1.64. The zero-order valence-corrected chi connectivity index (χ0v) is 25.2. The van der Waals surface area contributed by atoms with Gasteiger partial charge >= 0.3 is 18.2 Å². The number of likely N-dealkylation sites (tertiary alicyclic amines) is 1. The first-order chi connectivity index (χ1) is 21.2. The second kappa shape index (κ2) is 17.5. The highest BCUT2D eigenvalue weighted by atomic mass is 16.6. The van der Waals surface area contributed by atoms with E-state index < -0.39 is 48.1 Å². The number of carbonyl (C=O) groups is 5. The molecule has 4 amide bonds. The maximum Gasteiger partial charge on any atom is 0.408 e. The number of carbonyl (C=O) groups excluding carboxylic acids is 4. The molecule has 1 saturated heterocycles. The van der Waals surface area contributed by atoms with Gasteiger partial charge in [0.25, 0.3) is 0 Å². The van der Waals surface area contributed by atoms with Crippen LogP contribution in [0.15, 0.2) is 60.7 Å². The molecular formula is C32H42N4O8. The van der Waals surface area contributed by atoms with E-state index in [2.05, 4.69) is 16.0 Å². The number of unbranched alkanes of at least 4 members (excludes halogenated alkanes) is 1. The van der Waals surface area contributed by atoms with Crippen molar-refractivity contribution in [2.75, 3.05) is 13.1 Å². The number of rotatable bonds is 15. The first-order valence-electron chi connectivity index (χ1n) is 14.9. The molecule has 0 saturated carbocycles. The van der Waals surface area contributed by atoms with Gasteiger partial charge in [0.15, 0.2) is 0 Å². The van der Waals surface area contributed by atoms with Crippen molar-refractivity contribution in [1.29, 1.82) is 0 Å². The highest BCUT2D eigenvalue weighted by Crippen LogP contribution is 2.20. The molecule has 1 heterocycles. The Kier molecular flexibility index (Phi) is 13.5. The SMILES string of the molecule is CC(C)[C@H](NC(=O)[C@H](CCCCNC(=O)OCc1ccccc1)NC(=O)OCc1ccccc1)C(=O)N1CCC[C@H]1C(=O)O. The normalized spacial score (nSPS) is 15.6. The van der Waals surface area contributed by atoms with Crippen molar-refractivity contribution in [1.82, 2.24) is 20.9 Å². The average Bonchev–Trinajstić information content (AvgIpc) is 3.52. The highest BCUT2D eigenvalue weighted by Gasteiger charge is 2.39. The van der Waals surface area contributed by atoms with Crippen LogP contribution in [0.25, 0.3) is 0 Å². The zero-order chi connectivity index (χ0) is 31.9. The Labute approximate surface area is 257 Å². The maximum absolute atomic E-state index is 13.4. The third kappa shape index (κ3) is 10.9. The van der Waals surface area contributed by atoms with Gasteiger partial charge in [-0.2, -0.15) is 0 Å². The van der Waals surface area contributed by atoms with Crippen molar-refractivity contribution in [3.8, 4) is 0 Å². The van der Waals surface area contributed by atoms with Crippen molar-refractivity contribution >= 4 is 30.0 Å². The standard InChI is InChI=1S/C32H42N4O8/c1-22(2)27(29(38)36-19-11-17-26(36)30(39)40)35-28(37)25(34-32(42)44-21-24-14-7-4-8-15-24)16-9-10-18-33-31(41)43-20-23-12-5-3-6-13-23/h3-8,12-15,22,25-27H,9-11,16-21H2,1-2H3,(H,33,41)(H,34,42)(H,35,37)(H,39,40)/t25-,26-,27-/m0/s1. The van der Waals surface area contributed by atoms with Crippen LogP contribution >= 0.6 is 0 Å². The molecule has 3 rings (SSSR count). The van der Waals surface area contributed by atoms with E-state index in [9.17, 15) is 29.1 Å². The second-order valence-electron chi connectivity index (χ2n) is 11.0. The molecule has 0 radical (unpaired) electrons. The summed E-state index contributed by atoms with van der Waals surface area (Å²) in [6.07, 6.45) is 0.695. The predicted octanol–water partition coefficient (Wildman–Crippen LogP) is 3.59. The number of benzene rings is 2. The van der Waals surface area contributed by atoms with Gasteiger partial charge in [0.05, 0.1) is 0 Å². The number of nitrogens with one attached hydrogen (secondary N) is 3. The van der Waals surface area contributed by atoms with Crippen LogP contribution in [0, 0.1) is 5.92 Å². The summed E-state index contributed by atoms with van der Waals surface area (Å²) in [4.78, 5) is 64.4. The second-order valence-corrected chi connectivity index (χ2v) is 11.0. The van der Waals surface area contributed by atoms with Crippen LogP contribution in [0.5, 0.6) is 0 Å². The van der Waals surface area contributed by atoms with Crippen LogP contribution in [0.3, 0.4) is 0 Å². The van der Waals surface area contributed by atoms with Gasteiger partial charge in [-0.25, -0.2) is 14.4 Å². The molecule has 12 nitrogen and oxygen atoms in total. The number of ether oxygens (including phenoxy) is 2. The Hall–Kier alpha value is -4.61. The number of aliphatic carboxylic acids is 1. The summed E-state index contributed by atoms with van der Waals surface area (Å²) in [7, 11) is 0. The summed E-state index contributed by atoms with van der Waals surface area (Å²) in [5.74, 6) is -2.47. The highest BCUT2D eigenvalue weighted by molar-refractivity contribution is 5.93. The van der Waals surface area contributed by atoms with Gasteiger partial charge in [-0.3, -0.25) is 9.59 Å².